The predicted molar refractivity (Wildman–Crippen MR) is 85.8 cm³/mol. The third-order valence-electron chi connectivity index (χ3n) is 3.36. The SMILES string of the molecule is CCC(Nc1cccc(S(=O)(=O)NC)c1)c1ccccc1. The molecule has 0 aromatic heterocycles. The second-order valence-electron chi connectivity index (χ2n) is 4.75. The van der Waals surface area contributed by atoms with Gasteiger partial charge in [0.05, 0.1) is 10.9 Å². The maximum Gasteiger partial charge on any atom is 0.240 e. The molecule has 2 aromatic carbocycles. The van der Waals surface area contributed by atoms with Crippen molar-refractivity contribution >= 4 is 15.7 Å². The van der Waals surface area contributed by atoms with Crippen molar-refractivity contribution in [3.8, 4) is 0 Å². The van der Waals surface area contributed by atoms with Crippen molar-refractivity contribution < 1.29 is 8.42 Å². The molecule has 1 unspecified atom stereocenters. The van der Waals surface area contributed by atoms with Gasteiger partial charge in [-0.05, 0) is 37.2 Å². The highest BCUT2D eigenvalue weighted by molar-refractivity contribution is 7.89. The fourth-order valence-corrected chi connectivity index (χ4v) is 2.95. The van der Waals surface area contributed by atoms with Gasteiger partial charge < -0.3 is 5.32 Å². The van der Waals surface area contributed by atoms with Crippen molar-refractivity contribution in [2.45, 2.75) is 24.3 Å². The lowest BCUT2D eigenvalue weighted by atomic mass is 10.0. The number of benzene rings is 2. The number of nitrogens with one attached hydrogen (secondary N) is 2. The smallest absolute Gasteiger partial charge is 0.240 e. The summed E-state index contributed by atoms with van der Waals surface area (Å²) in [6, 6.07) is 17.1. The van der Waals surface area contributed by atoms with Crippen LogP contribution in [0.1, 0.15) is 24.9 Å². The normalized spacial score (nSPS) is 12.9. The minimum absolute atomic E-state index is 0.152. The highest BCUT2D eigenvalue weighted by Gasteiger charge is 2.13. The summed E-state index contributed by atoms with van der Waals surface area (Å²) in [6.45, 7) is 2.10. The van der Waals surface area contributed by atoms with Gasteiger partial charge in [-0.3, -0.25) is 0 Å². The molecule has 0 bridgehead atoms. The van der Waals surface area contributed by atoms with Crippen LogP contribution in [0.3, 0.4) is 0 Å². The maximum atomic E-state index is 11.8. The van der Waals surface area contributed by atoms with Gasteiger partial charge in [-0.15, -0.1) is 0 Å². The van der Waals surface area contributed by atoms with E-state index in [0.717, 1.165) is 12.1 Å². The molecule has 5 heteroatoms. The van der Waals surface area contributed by atoms with Gasteiger partial charge in [0.2, 0.25) is 10.0 Å². The van der Waals surface area contributed by atoms with Crippen LogP contribution in [-0.2, 0) is 10.0 Å². The molecule has 0 saturated heterocycles. The van der Waals surface area contributed by atoms with Crippen LogP contribution in [0, 0.1) is 0 Å². The van der Waals surface area contributed by atoms with Crippen LogP contribution in [0.4, 0.5) is 5.69 Å². The number of sulfonamides is 1. The molecule has 2 N–H and O–H groups in total. The van der Waals surface area contributed by atoms with Crippen LogP contribution in [-0.4, -0.2) is 15.5 Å². The summed E-state index contributed by atoms with van der Waals surface area (Å²) in [5.41, 5.74) is 1.98. The minimum atomic E-state index is -3.42. The van der Waals surface area contributed by atoms with Crippen LogP contribution in [0.15, 0.2) is 59.5 Å². The first-order chi connectivity index (χ1) is 10.1. The quantitative estimate of drug-likeness (QED) is 0.862. The van der Waals surface area contributed by atoms with Crippen molar-refractivity contribution in [1.82, 2.24) is 4.72 Å². The summed E-state index contributed by atoms with van der Waals surface area (Å²) in [4.78, 5) is 0.262. The molecule has 0 aliphatic heterocycles. The molecule has 2 aromatic rings. The summed E-state index contributed by atoms with van der Waals surface area (Å²) in [7, 11) is -2.01. The zero-order chi connectivity index (χ0) is 15.3. The Labute approximate surface area is 126 Å². The highest BCUT2D eigenvalue weighted by atomic mass is 32.2. The molecule has 2 rings (SSSR count). The fraction of sp³-hybridized carbons (Fsp3) is 0.250. The summed E-state index contributed by atoms with van der Waals surface area (Å²) in [6.07, 6.45) is 0.910. The molecule has 0 spiro atoms. The van der Waals surface area contributed by atoms with Gasteiger partial charge in [0.15, 0.2) is 0 Å². The highest BCUT2D eigenvalue weighted by Crippen LogP contribution is 2.24. The summed E-state index contributed by atoms with van der Waals surface area (Å²) in [5, 5.41) is 3.39. The predicted octanol–water partition coefficient (Wildman–Crippen LogP) is 3.16. The first kappa shape index (κ1) is 15.5. The average Bonchev–Trinajstić information content (AvgIpc) is 2.53. The molecule has 0 fully saturated rings. The molecule has 112 valence electrons. The van der Waals surface area contributed by atoms with Gasteiger partial charge in [-0.2, -0.15) is 0 Å². The van der Waals surface area contributed by atoms with Crippen LogP contribution in [0.25, 0.3) is 0 Å². The second-order valence-corrected chi connectivity index (χ2v) is 6.64. The summed E-state index contributed by atoms with van der Waals surface area (Å²) >= 11 is 0. The molecule has 21 heavy (non-hydrogen) atoms. The standard InChI is InChI=1S/C16H20N2O2S/c1-3-16(13-8-5-4-6-9-13)18-14-10-7-11-15(12-14)21(19,20)17-2/h4-12,16-18H,3H2,1-2H3. The summed E-state index contributed by atoms with van der Waals surface area (Å²) < 4.78 is 26.0. The van der Waals surface area contributed by atoms with E-state index in [0.29, 0.717) is 0 Å². The topological polar surface area (TPSA) is 58.2 Å². The number of hydrogen-bond acceptors (Lipinski definition) is 3. The van der Waals surface area contributed by atoms with E-state index in [-0.39, 0.29) is 10.9 Å². The molecule has 0 aliphatic rings. The van der Waals surface area contributed by atoms with E-state index in [1.165, 1.54) is 12.6 Å². The van der Waals surface area contributed by atoms with E-state index in [9.17, 15) is 8.42 Å². The fourth-order valence-electron chi connectivity index (χ4n) is 2.18. The largest absolute Gasteiger partial charge is 0.378 e. The van der Waals surface area contributed by atoms with Crippen LogP contribution >= 0.6 is 0 Å². The van der Waals surface area contributed by atoms with Gasteiger partial charge >= 0.3 is 0 Å². The molecule has 0 amide bonds. The van der Waals surface area contributed by atoms with Crippen LogP contribution in [0.2, 0.25) is 0 Å². The first-order valence-corrected chi connectivity index (χ1v) is 8.40. The molecule has 0 heterocycles. The molecule has 1 atom stereocenters. The van der Waals surface area contributed by atoms with Gasteiger partial charge in [0.1, 0.15) is 0 Å². The second kappa shape index (κ2) is 6.74. The molecule has 0 saturated carbocycles. The van der Waals surface area contributed by atoms with Gasteiger partial charge in [-0.25, -0.2) is 13.1 Å². The number of hydrogen-bond donors (Lipinski definition) is 2. The Hall–Kier alpha value is -1.85. The van der Waals surface area contributed by atoms with E-state index in [4.69, 9.17) is 0 Å². The van der Waals surface area contributed by atoms with Gasteiger partial charge in [0, 0.05) is 5.69 Å². The van der Waals surface area contributed by atoms with Crippen molar-refractivity contribution in [3.05, 3.63) is 60.2 Å². The molecular formula is C16H20N2O2S. The third-order valence-corrected chi connectivity index (χ3v) is 4.78. The Morgan fingerprint density at radius 3 is 2.38 bits per heavy atom. The van der Waals surface area contributed by atoms with E-state index in [1.54, 1.807) is 18.2 Å². The van der Waals surface area contributed by atoms with E-state index in [2.05, 4.69) is 29.1 Å². The van der Waals surface area contributed by atoms with Crippen molar-refractivity contribution in [1.29, 1.82) is 0 Å². The van der Waals surface area contributed by atoms with Crippen molar-refractivity contribution in [3.63, 3.8) is 0 Å². The monoisotopic (exact) mass is 304 g/mol. The van der Waals surface area contributed by atoms with Crippen LogP contribution < -0.4 is 10.0 Å². The van der Waals surface area contributed by atoms with Crippen LogP contribution in [0.5, 0.6) is 0 Å². The third kappa shape index (κ3) is 3.83. The molecular weight excluding hydrogens is 284 g/mol. The Morgan fingerprint density at radius 2 is 1.76 bits per heavy atom. The Kier molecular flexibility index (Phi) is 4.98. The molecule has 0 aliphatic carbocycles. The van der Waals surface area contributed by atoms with Crippen molar-refractivity contribution in [2.24, 2.45) is 0 Å². The lowest BCUT2D eigenvalue weighted by Gasteiger charge is -2.19. The van der Waals surface area contributed by atoms with Crippen molar-refractivity contribution in [2.75, 3.05) is 12.4 Å². The number of rotatable bonds is 6. The van der Waals surface area contributed by atoms with Gasteiger partial charge in [0.25, 0.3) is 0 Å². The Morgan fingerprint density at radius 1 is 1.05 bits per heavy atom. The maximum absolute atomic E-state index is 11.8. The van der Waals surface area contributed by atoms with E-state index >= 15 is 0 Å². The minimum Gasteiger partial charge on any atom is -0.378 e. The average molecular weight is 304 g/mol. The number of anilines is 1. The first-order valence-electron chi connectivity index (χ1n) is 6.92. The lowest BCUT2D eigenvalue weighted by molar-refractivity contribution is 0.588. The van der Waals surface area contributed by atoms with Gasteiger partial charge in [-0.1, -0.05) is 43.3 Å². The van der Waals surface area contributed by atoms with E-state index < -0.39 is 10.0 Å². The lowest BCUT2D eigenvalue weighted by Crippen LogP contribution is -2.18. The Balaban J connectivity index is 2.25. The zero-order valence-electron chi connectivity index (χ0n) is 12.2. The van der Waals surface area contributed by atoms with E-state index in [1.807, 2.05) is 24.3 Å². The zero-order valence-corrected chi connectivity index (χ0v) is 13.0. The molecule has 0 radical (unpaired) electrons. The summed E-state index contributed by atoms with van der Waals surface area (Å²) in [5.74, 6) is 0. The molecule has 4 nitrogen and oxygen atoms in total. The Bertz CT molecular complexity index is 684.